The molecule has 0 saturated carbocycles. The van der Waals surface area contributed by atoms with Gasteiger partial charge in [0.15, 0.2) is 0 Å². The Kier molecular flexibility index (Phi) is 3.34. The lowest BCUT2D eigenvalue weighted by Gasteiger charge is -2.15. The molecule has 2 atom stereocenters. The number of likely N-dealkylation sites (tertiary alicyclic amines) is 1. The van der Waals surface area contributed by atoms with Crippen LogP contribution in [0.15, 0.2) is 0 Å². The minimum atomic E-state index is 0.745. The maximum atomic E-state index is 3.37. The first-order valence-corrected chi connectivity index (χ1v) is 4.58. The van der Waals surface area contributed by atoms with Crippen LogP contribution in [0, 0.1) is 5.92 Å². The van der Waals surface area contributed by atoms with Crippen molar-refractivity contribution in [2.75, 3.05) is 27.2 Å². The molecule has 2 nitrogen and oxygen atoms in total. The molecule has 11 heavy (non-hydrogen) atoms. The fraction of sp³-hybridized carbons (Fsp3) is 1.00. The van der Waals surface area contributed by atoms with Gasteiger partial charge in [-0.3, -0.25) is 0 Å². The molecule has 1 rings (SSSR count). The summed E-state index contributed by atoms with van der Waals surface area (Å²) in [5.74, 6) is 0.847. The standard InChI is InChI=1S/C9H20N2/c1-8-6-9(10-2)4-5-11(3)7-8/h8-10H,4-7H2,1-3H3. The highest BCUT2D eigenvalue weighted by atomic mass is 15.1. The summed E-state index contributed by atoms with van der Waals surface area (Å²) in [6.45, 7) is 4.85. The van der Waals surface area contributed by atoms with E-state index in [-0.39, 0.29) is 0 Å². The van der Waals surface area contributed by atoms with Crippen LogP contribution in [0.3, 0.4) is 0 Å². The molecular formula is C9H20N2. The van der Waals surface area contributed by atoms with Gasteiger partial charge in [0, 0.05) is 12.6 Å². The highest BCUT2D eigenvalue weighted by molar-refractivity contribution is 4.75. The lowest BCUT2D eigenvalue weighted by Crippen LogP contribution is -2.27. The zero-order valence-electron chi connectivity index (χ0n) is 7.93. The van der Waals surface area contributed by atoms with Crippen molar-refractivity contribution in [3.05, 3.63) is 0 Å². The van der Waals surface area contributed by atoms with Crippen LogP contribution in [0.4, 0.5) is 0 Å². The molecule has 0 amide bonds. The van der Waals surface area contributed by atoms with E-state index in [0.717, 1.165) is 12.0 Å². The van der Waals surface area contributed by atoms with Gasteiger partial charge in [0.2, 0.25) is 0 Å². The van der Waals surface area contributed by atoms with E-state index in [2.05, 4.69) is 31.2 Å². The van der Waals surface area contributed by atoms with Crippen molar-refractivity contribution in [1.29, 1.82) is 0 Å². The molecule has 2 unspecified atom stereocenters. The van der Waals surface area contributed by atoms with Crippen LogP contribution in [0.1, 0.15) is 19.8 Å². The van der Waals surface area contributed by atoms with Crippen LogP contribution in [0.25, 0.3) is 0 Å². The molecule has 0 aromatic carbocycles. The smallest absolute Gasteiger partial charge is 0.00792 e. The minimum absolute atomic E-state index is 0.745. The van der Waals surface area contributed by atoms with E-state index in [4.69, 9.17) is 0 Å². The van der Waals surface area contributed by atoms with Crippen molar-refractivity contribution < 1.29 is 0 Å². The first-order chi connectivity index (χ1) is 5.22. The van der Waals surface area contributed by atoms with E-state index in [0.29, 0.717) is 0 Å². The van der Waals surface area contributed by atoms with E-state index >= 15 is 0 Å². The lowest BCUT2D eigenvalue weighted by atomic mass is 10.0. The van der Waals surface area contributed by atoms with Crippen LogP contribution < -0.4 is 5.32 Å². The summed E-state index contributed by atoms with van der Waals surface area (Å²) >= 11 is 0. The predicted molar refractivity (Wildman–Crippen MR) is 48.7 cm³/mol. The maximum Gasteiger partial charge on any atom is 0.00792 e. The first-order valence-electron chi connectivity index (χ1n) is 4.58. The van der Waals surface area contributed by atoms with E-state index in [9.17, 15) is 0 Å². The molecule has 0 aromatic heterocycles. The summed E-state index contributed by atoms with van der Waals surface area (Å²) in [5, 5.41) is 3.37. The maximum absolute atomic E-state index is 3.37. The monoisotopic (exact) mass is 156 g/mol. The van der Waals surface area contributed by atoms with E-state index < -0.39 is 0 Å². The van der Waals surface area contributed by atoms with Crippen molar-refractivity contribution in [3.63, 3.8) is 0 Å². The van der Waals surface area contributed by atoms with Gasteiger partial charge in [-0.15, -0.1) is 0 Å². The Hall–Kier alpha value is -0.0800. The van der Waals surface area contributed by atoms with E-state index in [1.807, 2.05) is 0 Å². The molecule has 1 heterocycles. The van der Waals surface area contributed by atoms with Crippen molar-refractivity contribution >= 4 is 0 Å². The minimum Gasteiger partial charge on any atom is -0.317 e. The fourth-order valence-corrected chi connectivity index (χ4v) is 1.94. The second kappa shape index (κ2) is 4.07. The Morgan fingerprint density at radius 1 is 1.45 bits per heavy atom. The van der Waals surface area contributed by atoms with Crippen LogP contribution in [-0.2, 0) is 0 Å². The third-order valence-electron chi connectivity index (χ3n) is 2.58. The van der Waals surface area contributed by atoms with Crippen molar-refractivity contribution in [2.24, 2.45) is 5.92 Å². The van der Waals surface area contributed by atoms with Gasteiger partial charge in [-0.2, -0.15) is 0 Å². The zero-order valence-corrected chi connectivity index (χ0v) is 7.93. The molecule has 66 valence electrons. The Labute approximate surface area is 70.0 Å². The van der Waals surface area contributed by atoms with E-state index in [1.165, 1.54) is 25.9 Å². The number of rotatable bonds is 1. The predicted octanol–water partition coefficient (Wildman–Crippen LogP) is 0.936. The SMILES string of the molecule is CNC1CCN(C)CC(C)C1. The van der Waals surface area contributed by atoms with Gasteiger partial charge < -0.3 is 10.2 Å². The van der Waals surface area contributed by atoms with Gasteiger partial charge >= 0.3 is 0 Å². The highest BCUT2D eigenvalue weighted by Gasteiger charge is 2.17. The third kappa shape index (κ3) is 2.80. The number of hydrogen-bond donors (Lipinski definition) is 1. The summed E-state index contributed by atoms with van der Waals surface area (Å²) in [4.78, 5) is 2.43. The normalized spacial score (nSPS) is 35.2. The molecule has 0 bridgehead atoms. The third-order valence-corrected chi connectivity index (χ3v) is 2.58. The van der Waals surface area contributed by atoms with Crippen LogP contribution in [-0.4, -0.2) is 38.1 Å². The Bertz CT molecular complexity index is 114. The lowest BCUT2D eigenvalue weighted by molar-refractivity contribution is 0.310. The van der Waals surface area contributed by atoms with Gasteiger partial charge in [0.25, 0.3) is 0 Å². The quantitative estimate of drug-likeness (QED) is 0.608. The summed E-state index contributed by atoms with van der Waals surface area (Å²) in [5.41, 5.74) is 0. The Morgan fingerprint density at radius 2 is 2.18 bits per heavy atom. The van der Waals surface area contributed by atoms with Gasteiger partial charge in [-0.1, -0.05) is 6.92 Å². The molecule has 1 aliphatic rings. The molecule has 1 saturated heterocycles. The van der Waals surface area contributed by atoms with Crippen LogP contribution >= 0.6 is 0 Å². The van der Waals surface area contributed by atoms with Gasteiger partial charge in [0.05, 0.1) is 0 Å². The summed E-state index contributed by atoms with van der Waals surface area (Å²) in [7, 11) is 4.29. The van der Waals surface area contributed by atoms with Crippen molar-refractivity contribution in [1.82, 2.24) is 10.2 Å². The largest absolute Gasteiger partial charge is 0.317 e. The topological polar surface area (TPSA) is 15.3 Å². The first kappa shape index (κ1) is 9.01. The van der Waals surface area contributed by atoms with Crippen molar-refractivity contribution in [3.8, 4) is 0 Å². The van der Waals surface area contributed by atoms with Crippen molar-refractivity contribution in [2.45, 2.75) is 25.8 Å². The number of hydrogen-bond acceptors (Lipinski definition) is 2. The van der Waals surface area contributed by atoms with Gasteiger partial charge in [0.1, 0.15) is 0 Å². The zero-order chi connectivity index (χ0) is 8.27. The molecule has 1 N–H and O–H groups in total. The molecule has 0 aromatic rings. The molecule has 0 radical (unpaired) electrons. The van der Waals surface area contributed by atoms with Crippen LogP contribution in [0.5, 0.6) is 0 Å². The molecule has 0 spiro atoms. The molecule has 0 aliphatic carbocycles. The summed E-state index contributed by atoms with van der Waals surface area (Å²) < 4.78 is 0. The Balaban J connectivity index is 2.39. The number of nitrogens with one attached hydrogen (secondary N) is 1. The number of nitrogens with zero attached hydrogens (tertiary/aromatic N) is 1. The molecule has 1 aliphatic heterocycles. The van der Waals surface area contributed by atoms with Crippen LogP contribution in [0.2, 0.25) is 0 Å². The molecule has 2 heteroatoms. The average Bonchev–Trinajstić information content (AvgIpc) is 2.11. The molecule has 1 fully saturated rings. The summed E-state index contributed by atoms with van der Waals surface area (Å²) in [6, 6.07) is 0.745. The highest BCUT2D eigenvalue weighted by Crippen LogP contribution is 2.14. The van der Waals surface area contributed by atoms with Gasteiger partial charge in [-0.25, -0.2) is 0 Å². The second-order valence-corrected chi connectivity index (χ2v) is 3.88. The average molecular weight is 156 g/mol. The Morgan fingerprint density at radius 3 is 2.82 bits per heavy atom. The van der Waals surface area contributed by atoms with E-state index in [1.54, 1.807) is 0 Å². The van der Waals surface area contributed by atoms with Gasteiger partial charge in [-0.05, 0) is 39.4 Å². The molecular weight excluding hydrogens is 136 g/mol. The summed E-state index contributed by atoms with van der Waals surface area (Å²) in [6.07, 6.45) is 2.64. The second-order valence-electron chi connectivity index (χ2n) is 3.88. The fourth-order valence-electron chi connectivity index (χ4n) is 1.94.